The van der Waals surface area contributed by atoms with Gasteiger partial charge in [0.15, 0.2) is 5.78 Å². The highest BCUT2D eigenvalue weighted by molar-refractivity contribution is 6.40. The number of rotatable bonds is 3. The van der Waals surface area contributed by atoms with Gasteiger partial charge >= 0.3 is 0 Å². The molecule has 0 unspecified atom stereocenters. The third-order valence-corrected chi connectivity index (χ3v) is 4.95. The lowest BCUT2D eigenvalue weighted by molar-refractivity contribution is -0.113. The largest absolute Gasteiger partial charge is 0.293 e. The first-order valence-corrected chi connectivity index (χ1v) is 8.78. The number of carbonyl (C=O) groups excluding carboxylic acids is 1. The standard InChI is InChI=1S/C19H26N2O/c22-19-10-6-2-5-9-18(19)21-20-17-13-11-16(12-14-17)15-7-3-1-4-8-15/h11-15,20H,1-10H2/b21-18-. The molecule has 118 valence electrons. The highest BCUT2D eigenvalue weighted by atomic mass is 16.1. The molecule has 0 aliphatic heterocycles. The van der Waals surface area contributed by atoms with Crippen LogP contribution in [-0.2, 0) is 4.79 Å². The van der Waals surface area contributed by atoms with Crippen LogP contribution in [0.25, 0.3) is 0 Å². The van der Waals surface area contributed by atoms with E-state index in [1.165, 1.54) is 37.7 Å². The Morgan fingerprint density at radius 1 is 0.864 bits per heavy atom. The number of hydrazone groups is 1. The van der Waals surface area contributed by atoms with E-state index in [0.29, 0.717) is 12.1 Å². The third kappa shape index (κ3) is 3.96. The number of benzene rings is 1. The van der Waals surface area contributed by atoms with Crippen LogP contribution in [0.2, 0.25) is 0 Å². The van der Waals surface area contributed by atoms with Gasteiger partial charge in [-0.25, -0.2) is 0 Å². The van der Waals surface area contributed by atoms with Crippen molar-refractivity contribution in [1.82, 2.24) is 0 Å². The fourth-order valence-electron chi connectivity index (χ4n) is 3.55. The molecule has 3 heteroatoms. The van der Waals surface area contributed by atoms with Crippen molar-refractivity contribution >= 4 is 17.2 Å². The Morgan fingerprint density at radius 2 is 1.55 bits per heavy atom. The van der Waals surface area contributed by atoms with Gasteiger partial charge in [0.25, 0.3) is 0 Å². The topological polar surface area (TPSA) is 41.5 Å². The number of Topliss-reactive ketones (excluding diaryl/α,β-unsaturated/α-hetero) is 1. The maximum atomic E-state index is 11.9. The Labute approximate surface area is 133 Å². The molecule has 3 nitrogen and oxygen atoms in total. The van der Waals surface area contributed by atoms with Crippen LogP contribution in [-0.4, -0.2) is 11.5 Å². The summed E-state index contributed by atoms with van der Waals surface area (Å²) in [7, 11) is 0. The molecule has 0 radical (unpaired) electrons. The van der Waals surface area contributed by atoms with E-state index in [-0.39, 0.29) is 5.78 Å². The lowest BCUT2D eigenvalue weighted by atomic mass is 9.84. The summed E-state index contributed by atoms with van der Waals surface area (Å²) >= 11 is 0. The van der Waals surface area contributed by atoms with E-state index in [0.717, 1.165) is 37.3 Å². The summed E-state index contributed by atoms with van der Waals surface area (Å²) in [5, 5.41) is 4.35. The molecule has 2 aliphatic rings. The molecule has 0 atom stereocenters. The SMILES string of the molecule is O=C1CCCCC/C1=N/Nc1ccc(C2CCCCC2)cc1. The van der Waals surface area contributed by atoms with Gasteiger partial charge in [-0.05, 0) is 55.7 Å². The van der Waals surface area contributed by atoms with Crippen LogP contribution in [0.3, 0.4) is 0 Å². The second-order valence-electron chi connectivity index (χ2n) is 6.61. The zero-order chi connectivity index (χ0) is 15.2. The molecule has 0 saturated heterocycles. The van der Waals surface area contributed by atoms with Crippen LogP contribution in [0, 0.1) is 0 Å². The van der Waals surface area contributed by atoms with Crippen LogP contribution >= 0.6 is 0 Å². The minimum absolute atomic E-state index is 0.212. The van der Waals surface area contributed by atoms with Gasteiger partial charge in [-0.3, -0.25) is 10.2 Å². The monoisotopic (exact) mass is 298 g/mol. The van der Waals surface area contributed by atoms with E-state index in [1.54, 1.807) is 0 Å². The molecule has 1 aromatic carbocycles. The van der Waals surface area contributed by atoms with Gasteiger partial charge in [-0.2, -0.15) is 5.10 Å². The molecule has 0 heterocycles. The van der Waals surface area contributed by atoms with Gasteiger partial charge in [-0.1, -0.05) is 37.8 Å². The van der Waals surface area contributed by atoms with Gasteiger partial charge in [0, 0.05) is 6.42 Å². The van der Waals surface area contributed by atoms with Crippen molar-refractivity contribution in [2.24, 2.45) is 5.10 Å². The average molecular weight is 298 g/mol. The number of hydrogen-bond acceptors (Lipinski definition) is 3. The summed E-state index contributed by atoms with van der Waals surface area (Å²) < 4.78 is 0. The van der Waals surface area contributed by atoms with Crippen molar-refractivity contribution in [3.8, 4) is 0 Å². The van der Waals surface area contributed by atoms with E-state index in [1.807, 2.05) is 0 Å². The number of hydrogen-bond donors (Lipinski definition) is 1. The molecule has 0 aromatic heterocycles. The molecule has 0 spiro atoms. The van der Waals surface area contributed by atoms with Gasteiger partial charge in [0.1, 0.15) is 5.71 Å². The maximum absolute atomic E-state index is 11.9. The van der Waals surface area contributed by atoms with Crippen LogP contribution in [0.4, 0.5) is 5.69 Å². The van der Waals surface area contributed by atoms with Gasteiger partial charge in [-0.15, -0.1) is 0 Å². The summed E-state index contributed by atoms with van der Waals surface area (Å²) in [6, 6.07) is 8.62. The number of nitrogens with zero attached hydrogens (tertiary/aromatic N) is 1. The molecule has 0 amide bonds. The first-order valence-electron chi connectivity index (χ1n) is 8.78. The molecule has 2 saturated carbocycles. The molecule has 22 heavy (non-hydrogen) atoms. The molecule has 2 aliphatic carbocycles. The lowest BCUT2D eigenvalue weighted by Crippen LogP contribution is -2.13. The number of nitrogens with one attached hydrogen (secondary N) is 1. The Morgan fingerprint density at radius 3 is 2.32 bits per heavy atom. The second-order valence-corrected chi connectivity index (χ2v) is 6.61. The summed E-state index contributed by atoms with van der Waals surface area (Å²) in [5.41, 5.74) is 6.21. The number of carbonyl (C=O) groups is 1. The van der Waals surface area contributed by atoms with E-state index in [9.17, 15) is 4.79 Å². The third-order valence-electron chi connectivity index (χ3n) is 4.95. The van der Waals surface area contributed by atoms with Gasteiger partial charge in [0.2, 0.25) is 0 Å². The molecular weight excluding hydrogens is 272 g/mol. The Bertz CT molecular complexity index is 527. The van der Waals surface area contributed by atoms with Crippen molar-refractivity contribution in [2.45, 2.75) is 70.1 Å². The van der Waals surface area contributed by atoms with Crippen molar-refractivity contribution in [3.05, 3.63) is 29.8 Å². The predicted molar refractivity (Wildman–Crippen MR) is 91.4 cm³/mol. The second kappa shape index (κ2) is 7.57. The van der Waals surface area contributed by atoms with Crippen LogP contribution in [0.1, 0.15) is 75.7 Å². The Balaban J connectivity index is 1.61. The summed E-state index contributed by atoms with van der Waals surface area (Å²) in [4.78, 5) is 11.9. The highest BCUT2D eigenvalue weighted by Gasteiger charge is 2.16. The van der Waals surface area contributed by atoms with Crippen LogP contribution in [0.15, 0.2) is 29.4 Å². The highest BCUT2D eigenvalue weighted by Crippen LogP contribution is 2.32. The Kier molecular flexibility index (Phi) is 5.25. The normalized spacial score (nSPS) is 22.5. The van der Waals surface area contributed by atoms with E-state index in [4.69, 9.17) is 0 Å². The number of anilines is 1. The van der Waals surface area contributed by atoms with E-state index in [2.05, 4.69) is 34.8 Å². The zero-order valence-electron chi connectivity index (χ0n) is 13.3. The fourth-order valence-corrected chi connectivity index (χ4v) is 3.55. The smallest absolute Gasteiger partial charge is 0.178 e. The molecule has 2 fully saturated rings. The molecule has 0 bridgehead atoms. The predicted octanol–water partition coefficient (Wildman–Crippen LogP) is 5.04. The first kappa shape index (κ1) is 15.3. The minimum atomic E-state index is 0.212. The summed E-state index contributed by atoms with van der Waals surface area (Å²) in [5.74, 6) is 0.946. The van der Waals surface area contributed by atoms with E-state index >= 15 is 0 Å². The van der Waals surface area contributed by atoms with Crippen molar-refractivity contribution in [1.29, 1.82) is 0 Å². The van der Waals surface area contributed by atoms with Crippen molar-refractivity contribution < 1.29 is 4.79 Å². The van der Waals surface area contributed by atoms with Gasteiger partial charge in [0.05, 0.1) is 5.69 Å². The Hall–Kier alpha value is -1.64. The van der Waals surface area contributed by atoms with Gasteiger partial charge < -0.3 is 0 Å². The molecular formula is C19H26N2O. The molecule has 3 rings (SSSR count). The molecule has 1 aromatic rings. The zero-order valence-corrected chi connectivity index (χ0v) is 13.3. The maximum Gasteiger partial charge on any atom is 0.178 e. The van der Waals surface area contributed by atoms with Crippen LogP contribution in [0.5, 0.6) is 0 Å². The molecule has 1 N–H and O–H groups in total. The summed E-state index contributed by atoms with van der Waals surface area (Å²) in [6.07, 6.45) is 11.4. The van der Waals surface area contributed by atoms with E-state index < -0.39 is 0 Å². The van der Waals surface area contributed by atoms with Crippen molar-refractivity contribution in [2.75, 3.05) is 5.43 Å². The number of ketones is 1. The quantitative estimate of drug-likeness (QED) is 0.627. The lowest BCUT2D eigenvalue weighted by Gasteiger charge is -2.22. The van der Waals surface area contributed by atoms with Crippen LogP contribution < -0.4 is 5.43 Å². The first-order chi connectivity index (χ1) is 10.8. The van der Waals surface area contributed by atoms with Crippen molar-refractivity contribution in [3.63, 3.8) is 0 Å². The average Bonchev–Trinajstić information content (AvgIpc) is 2.78. The minimum Gasteiger partial charge on any atom is -0.293 e. The fraction of sp³-hybridized carbons (Fsp3) is 0.579. The summed E-state index contributed by atoms with van der Waals surface area (Å²) in [6.45, 7) is 0.